The molecule has 2 aromatic rings. The lowest BCUT2D eigenvalue weighted by molar-refractivity contribution is -0.147. The molecule has 1 aliphatic rings. The fraction of sp³-hybridized carbons (Fsp3) is 0.385. The summed E-state index contributed by atoms with van der Waals surface area (Å²) in [6, 6.07) is 8.00. The van der Waals surface area contributed by atoms with Crippen LogP contribution in [0.4, 0.5) is 0 Å². The molecule has 2 heterocycles. The van der Waals surface area contributed by atoms with Gasteiger partial charge >= 0.3 is 0 Å². The van der Waals surface area contributed by atoms with Crippen molar-refractivity contribution in [2.75, 3.05) is 19.8 Å². The molecule has 3 rings (SSSR count). The highest BCUT2D eigenvalue weighted by atomic mass is 32.1. The number of fused-ring (bicyclic) bond motifs is 1. The minimum atomic E-state index is -0.577. The van der Waals surface area contributed by atoms with E-state index in [1.807, 2.05) is 35.9 Å². The topological polar surface area (TPSA) is 64.9 Å². The Balaban J connectivity index is 1.80. The SMILES string of the molecule is Cn1/c(=N/NC(=O)C2COCCO2)sc2ccccc21. The normalized spacial score (nSPS) is 20.2. The lowest BCUT2D eigenvalue weighted by Crippen LogP contribution is -2.41. The number of nitrogens with zero attached hydrogens (tertiary/aromatic N) is 2. The first-order valence-corrected chi connectivity index (χ1v) is 7.15. The van der Waals surface area contributed by atoms with Crippen LogP contribution in [0.25, 0.3) is 10.2 Å². The number of hydrogen-bond acceptors (Lipinski definition) is 5. The molecule has 1 amide bonds. The van der Waals surface area contributed by atoms with Crippen molar-refractivity contribution in [1.82, 2.24) is 9.99 Å². The Morgan fingerprint density at radius 1 is 1.45 bits per heavy atom. The van der Waals surface area contributed by atoms with Crippen molar-refractivity contribution in [2.24, 2.45) is 12.1 Å². The van der Waals surface area contributed by atoms with Crippen molar-refractivity contribution in [3.05, 3.63) is 29.1 Å². The van der Waals surface area contributed by atoms with Crippen molar-refractivity contribution in [3.8, 4) is 0 Å². The highest BCUT2D eigenvalue weighted by molar-refractivity contribution is 7.16. The van der Waals surface area contributed by atoms with Crippen LogP contribution in [0.2, 0.25) is 0 Å². The second kappa shape index (κ2) is 5.74. The van der Waals surface area contributed by atoms with Gasteiger partial charge in [-0.3, -0.25) is 4.79 Å². The van der Waals surface area contributed by atoms with Gasteiger partial charge in [0.1, 0.15) is 0 Å². The second-order valence-electron chi connectivity index (χ2n) is 4.43. The van der Waals surface area contributed by atoms with E-state index in [2.05, 4.69) is 10.5 Å². The molecule has 1 saturated heterocycles. The zero-order chi connectivity index (χ0) is 13.9. The van der Waals surface area contributed by atoms with Crippen LogP contribution in [0.3, 0.4) is 0 Å². The van der Waals surface area contributed by atoms with E-state index in [9.17, 15) is 4.79 Å². The molecule has 1 N–H and O–H groups in total. The molecule has 0 saturated carbocycles. The molecule has 7 heteroatoms. The van der Waals surface area contributed by atoms with Gasteiger partial charge in [0.15, 0.2) is 6.10 Å². The van der Waals surface area contributed by atoms with Crippen molar-refractivity contribution in [1.29, 1.82) is 0 Å². The zero-order valence-electron chi connectivity index (χ0n) is 11.0. The molecule has 20 heavy (non-hydrogen) atoms. The molecule has 1 aliphatic heterocycles. The summed E-state index contributed by atoms with van der Waals surface area (Å²) in [5.74, 6) is -0.276. The number of para-hydroxylation sites is 1. The van der Waals surface area contributed by atoms with E-state index in [1.54, 1.807) is 0 Å². The Hall–Kier alpha value is -1.70. The number of amides is 1. The van der Waals surface area contributed by atoms with Gasteiger partial charge < -0.3 is 14.0 Å². The number of ether oxygens (including phenoxy) is 2. The van der Waals surface area contributed by atoms with E-state index < -0.39 is 6.10 Å². The maximum absolute atomic E-state index is 11.9. The fourth-order valence-electron chi connectivity index (χ4n) is 2.00. The van der Waals surface area contributed by atoms with E-state index in [0.717, 1.165) is 15.0 Å². The minimum absolute atomic E-state index is 0.276. The van der Waals surface area contributed by atoms with Gasteiger partial charge in [0.05, 0.1) is 30.0 Å². The largest absolute Gasteiger partial charge is 0.376 e. The summed E-state index contributed by atoms with van der Waals surface area (Å²) in [5.41, 5.74) is 3.63. The molecular formula is C13H15N3O3S. The minimum Gasteiger partial charge on any atom is -0.376 e. The molecule has 1 fully saturated rings. The van der Waals surface area contributed by atoms with Crippen molar-refractivity contribution in [3.63, 3.8) is 0 Å². The maximum Gasteiger partial charge on any atom is 0.271 e. The van der Waals surface area contributed by atoms with Gasteiger partial charge in [0, 0.05) is 7.05 Å². The van der Waals surface area contributed by atoms with Crippen LogP contribution in [-0.2, 0) is 21.3 Å². The lowest BCUT2D eigenvalue weighted by atomic mass is 10.3. The molecule has 0 aliphatic carbocycles. The van der Waals surface area contributed by atoms with Crippen LogP contribution in [0, 0.1) is 0 Å². The quantitative estimate of drug-likeness (QED) is 0.824. The zero-order valence-corrected chi connectivity index (χ0v) is 11.9. The third-order valence-corrected chi connectivity index (χ3v) is 4.20. The van der Waals surface area contributed by atoms with Crippen molar-refractivity contribution >= 4 is 27.5 Å². The molecule has 1 atom stereocenters. The van der Waals surface area contributed by atoms with Gasteiger partial charge in [-0.1, -0.05) is 23.5 Å². The first-order chi connectivity index (χ1) is 9.75. The lowest BCUT2D eigenvalue weighted by Gasteiger charge is -2.20. The Morgan fingerprint density at radius 2 is 2.30 bits per heavy atom. The van der Waals surface area contributed by atoms with E-state index in [4.69, 9.17) is 9.47 Å². The van der Waals surface area contributed by atoms with E-state index >= 15 is 0 Å². The number of rotatable bonds is 2. The number of carbonyl (C=O) groups excluding carboxylic acids is 1. The number of carbonyl (C=O) groups is 1. The van der Waals surface area contributed by atoms with Crippen LogP contribution in [-0.4, -0.2) is 36.4 Å². The van der Waals surface area contributed by atoms with Crippen molar-refractivity contribution in [2.45, 2.75) is 6.10 Å². The van der Waals surface area contributed by atoms with Gasteiger partial charge in [-0.2, -0.15) is 0 Å². The standard InChI is InChI=1S/C13H15N3O3S/c1-16-9-4-2-3-5-11(9)20-13(16)15-14-12(17)10-8-18-6-7-19-10/h2-5,10H,6-8H2,1H3,(H,14,17)/b15-13-. The summed E-state index contributed by atoms with van der Waals surface area (Å²) in [4.78, 5) is 12.6. The molecule has 0 bridgehead atoms. The Labute approximate surface area is 119 Å². The number of hydrogen-bond donors (Lipinski definition) is 1. The highest BCUT2D eigenvalue weighted by Gasteiger charge is 2.22. The number of nitrogens with one attached hydrogen (secondary N) is 1. The number of aromatic nitrogens is 1. The van der Waals surface area contributed by atoms with Crippen LogP contribution < -0.4 is 10.2 Å². The van der Waals surface area contributed by atoms with Gasteiger partial charge in [0.2, 0.25) is 4.80 Å². The van der Waals surface area contributed by atoms with Crippen LogP contribution in [0.1, 0.15) is 0 Å². The molecule has 1 unspecified atom stereocenters. The Bertz CT molecular complexity index is 685. The van der Waals surface area contributed by atoms with Gasteiger partial charge in [-0.15, -0.1) is 5.10 Å². The summed E-state index contributed by atoms with van der Waals surface area (Å²) in [6.45, 7) is 1.25. The molecule has 0 spiro atoms. The number of thiazole rings is 1. The number of benzene rings is 1. The first kappa shape index (κ1) is 13.3. The second-order valence-corrected chi connectivity index (χ2v) is 5.44. The predicted octanol–water partition coefficient (Wildman–Crippen LogP) is 0.587. The molecular weight excluding hydrogens is 278 g/mol. The smallest absolute Gasteiger partial charge is 0.271 e. The van der Waals surface area contributed by atoms with Crippen LogP contribution in [0.5, 0.6) is 0 Å². The van der Waals surface area contributed by atoms with E-state index in [-0.39, 0.29) is 12.5 Å². The molecule has 1 aromatic carbocycles. The first-order valence-electron chi connectivity index (χ1n) is 6.33. The summed E-state index contributed by atoms with van der Waals surface area (Å²) in [7, 11) is 1.92. The Kier molecular flexibility index (Phi) is 3.81. The van der Waals surface area contributed by atoms with Gasteiger partial charge in [0.25, 0.3) is 5.91 Å². The third kappa shape index (κ3) is 2.60. The average molecular weight is 293 g/mol. The summed E-state index contributed by atoms with van der Waals surface area (Å²) in [6.07, 6.45) is -0.577. The molecule has 6 nitrogen and oxygen atoms in total. The van der Waals surface area contributed by atoms with E-state index in [0.29, 0.717) is 13.2 Å². The third-order valence-electron chi connectivity index (χ3n) is 3.08. The number of aryl methyl sites for hydroxylation is 1. The Morgan fingerprint density at radius 3 is 3.05 bits per heavy atom. The molecule has 1 aromatic heterocycles. The highest BCUT2D eigenvalue weighted by Crippen LogP contribution is 2.14. The summed E-state index contributed by atoms with van der Waals surface area (Å²) in [5, 5.41) is 4.16. The monoisotopic (exact) mass is 293 g/mol. The van der Waals surface area contributed by atoms with E-state index in [1.165, 1.54) is 11.3 Å². The average Bonchev–Trinajstić information content (AvgIpc) is 2.83. The summed E-state index contributed by atoms with van der Waals surface area (Å²) < 4.78 is 13.6. The van der Waals surface area contributed by atoms with Crippen molar-refractivity contribution < 1.29 is 14.3 Å². The van der Waals surface area contributed by atoms with Crippen LogP contribution in [0.15, 0.2) is 29.4 Å². The predicted molar refractivity (Wildman–Crippen MR) is 75.1 cm³/mol. The van der Waals surface area contributed by atoms with Gasteiger partial charge in [-0.25, -0.2) is 5.43 Å². The van der Waals surface area contributed by atoms with Gasteiger partial charge in [-0.05, 0) is 12.1 Å². The summed E-state index contributed by atoms with van der Waals surface area (Å²) >= 11 is 1.52. The molecule has 106 valence electrons. The molecule has 0 radical (unpaired) electrons. The van der Waals surface area contributed by atoms with Crippen LogP contribution >= 0.6 is 11.3 Å². The maximum atomic E-state index is 11.9. The fourth-order valence-corrected chi connectivity index (χ4v) is 2.98.